The number of carbonyl (C=O) groups excluding carboxylic acids is 2. The van der Waals surface area contributed by atoms with Crippen molar-refractivity contribution in [2.75, 3.05) is 30.0 Å². The number of nitrogens with zero attached hydrogens (tertiary/aromatic N) is 2. The van der Waals surface area contributed by atoms with Gasteiger partial charge in [-0.2, -0.15) is 0 Å². The zero-order valence-electron chi connectivity index (χ0n) is 11.3. The van der Waals surface area contributed by atoms with Gasteiger partial charge in [-0.25, -0.2) is 4.98 Å². The van der Waals surface area contributed by atoms with E-state index in [1.807, 2.05) is 0 Å². The van der Waals surface area contributed by atoms with Crippen LogP contribution in [0, 0.1) is 0 Å². The van der Waals surface area contributed by atoms with Crippen molar-refractivity contribution in [2.45, 2.75) is 0 Å². The molecule has 0 radical (unpaired) electrons. The van der Waals surface area contributed by atoms with Crippen molar-refractivity contribution >= 4 is 51.4 Å². The average Bonchev–Trinajstić information content (AvgIpc) is 2.70. The number of carbonyl (C=O) groups is 2. The number of anilines is 3. The van der Waals surface area contributed by atoms with Crippen LogP contribution in [0.15, 0.2) is 6.07 Å². The first kappa shape index (κ1) is 13.4. The summed E-state index contributed by atoms with van der Waals surface area (Å²) in [4.78, 5) is 29.4. The maximum Gasteiger partial charge on any atom is 0.267 e. The molecule has 3 rings (SSSR count). The van der Waals surface area contributed by atoms with E-state index in [0.29, 0.717) is 27.8 Å². The predicted octanol–water partition coefficient (Wildman–Crippen LogP) is 1.20. The number of hydrogen-bond acceptors (Lipinski definition) is 5. The van der Waals surface area contributed by atoms with Crippen LogP contribution in [0.2, 0.25) is 5.02 Å². The highest BCUT2D eigenvalue weighted by atomic mass is 35.5. The Hall–Kier alpha value is -2.54. The van der Waals surface area contributed by atoms with Crippen LogP contribution in [0.5, 0.6) is 0 Å². The molecular formula is C13H12ClN5O2. The summed E-state index contributed by atoms with van der Waals surface area (Å²) in [6.07, 6.45) is 0. The third-order valence-electron chi connectivity index (χ3n) is 3.58. The lowest BCUT2D eigenvalue weighted by molar-refractivity contribution is 0.0995. The molecule has 8 heteroatoms. The molecule has 1 aliphatic rings. The summed E-state index contributed by atoms with van der Waals surface area (Å²) in [5, 5.41) is 3.72. The lowest BCUT2D eigenvalue weighted by Crippen LogP contribution is -2.22. The quantitative estimate of drug-likeness (QED) is 0.721. The second-order valence-electron chi connectivity index (χ2n) is 4.71. The summed E-state index contributed by atoms with van der Waals surface area (Å²) in [6, 6.07) is 1.38. The summed E-state index contributed by atoms with van der Waals surface area (Å²) < 4.78 is 0. The number of nitrogen functional groups attached to an aromatic ring is 1. The fourth-order valence-electron chi connectivity index (χ4n) is 2.60. The molecule has 0 unspecified atom stereocenters. The molecule has 1 aromatic heterocycles. The van der Waals surface area contributed by atoms with Gasteiger partial charge in [-0.05, 0) is 6.07 Å². The number of benzene rings is 1. The monoisotopic (exact) mass is 305 g/mol. The molecule has 2 aromatic rings. The minimum atomic E-state index is -0.716. The number of halogens is 1. The average molecular weight is 306 g/mol. The molecule has 0 saturated heterocycles. The van der Waals surface area contributed by atoms with E-state index in [2.05, 4.69) is 10.3 Å². The maximum atomic E-state index is 12.3. The first-order chi connectivity index (χ1) is 9.88. The van der Waals surface area contributed by atoms with Crippen molar-refractivity contribution < 1.29 is 9.59 Å². The van der Waals surface area contributed by atoms with Gasteiger partial charge in [0.25, 0.3) is 11.8 Å². The number of pyridine rings is 1. The first-order valence-electron chi connectivity index (χ1n) is 6.09. The number of nitrogens with one attached hydrogen (secondary N) is 1. The van der Waals surface area contributed by atoms with Gasteiger partial charge in [-0.15, -0.1) is 0 Å². The van der Waals surface area contributed by atoms with Gasteiger partial charge in [0.1, 0.15) is 5.69 Å². The third-order valence-corrected chi connectivity index (χ3v) is 3.97. The fraction of sp³-hybridized carbons (Fsp3) is 0.154. The van der Waals surface area contributed by atoms with Crippen molar-refractivity contribution in [3.05, 3.63) is 22.3 Å². The fourth-order valence-corrected chi connectivity index (χ4v) is 2.87. The van der Waals surface area contributed by atoms with Gasteiger partial charge in [0, 0.05) is 19.5 Å². The molecule has 7 nitrogen and oxygen atoms in total. The van der Waals surface area contributed by atoms with Gasteiger partial charge in [0.15, 0.2) is 0 Å². The second-order valence-corrected chi connectivity index (χ2v) is 5.09. The Morgan fingerprint density at radius 3 is 2.71 bits per heavy atom. The normalized spacial score (nSPS) is 13.1. The van der Waals surface area contributed by atoms with Crippen LogP contribution in [-0.4, -0.2) is 30.9 Å². The summed E-state index contributed by atoms with van der Waals surface area (Å²) in [7, 11) is 3.24. The van der Waals surface area contributed by atoms with Crippen LogP contribution >= 0.6 is 11.6 Å². The number of amides is 2. The van der Waals surface area contributed by atoms with Crippen LogP contribution < -0.4 is 21.7 Å². The Morgan fingerprint density at radius 1 is 1.48 bits per heavy atom. The number of hydrogen-bond donors (Lipinski definition) is 3. The van der Waals surface area contributed by atoms with E-state index in [4.69, 9.17) is 23.1 Å². The van der Waals surface area contributed by atoms with Gasteiger partial charge in [0.05, 0.1) is 33.2 Å². The van der Waals surface area contributed by atoms with Crippen LogP contribution in [-0.2, 0) is 0 Å². The molecule has 1 aromatic carbocycles. The molecule has 1 aliphatic heterocycles. The van der Waals surface area contributed by atoms with Gasteiger partial charge in [-0.3, -0.25) is 9.59 Å². The number of aromatic nitrogens is 1. The van der Waals surface area contributed by atoms with E-state index < -0.39 is 5.91 Å². The minimum Gasteiger partial charge on any atom is -0.396 e. The van der Waals surface area contributed by atoms with Gasteiger partial charge >= 0.3 is 0 Å². The standard InChI is InChI=1S/C13H12ClN5O2/c1-17-10-7(14)8(15)11-6-4(13(21)19(11)2)3-5(12(16)20)18-9(6)10/h3,17H,15H2,1-2H3,(H2,16,20). The van der Waals surface area contributed by atoms with Crippen molar-refractivity contribution in [2.24, 2.45) is 5.73 Å². The van der Waals surface area contributed by atoms with E-state index in [1.165, 1.54) is 11.0 Å². The predicted molar refractivity (Wildman–Crippen MR) is 82.0 cm³/mol. The highest BCUT2D eigenvalue weighted by Crippen LogP contribution is 2.48. The number of primary amides is 1. The Labute approximate surface area is 124 Å². The lowest BCUT2D eigenvalue weighted by Gasteiger charge is -2.16. The summed E-state index contributed by atoms with van der Waals surface area (Å²) in [6.45, 7) is 0. The highest BCUT2D eigenvalue weighted by Gasteiger charge is 2.33. The van der Waals surface area contributed by atoms with E-state index in [1.54, 1.807) is 14.1 Å². The highest BCUT2D eigenvalue weighted by molar-refractivity contribution is 6.41. The molecule has 21 heavy (non-hydrogen) atoms. The third kappa shape index (κ3) is 1.58. The van der Waals surface area contributed by atoms with Crippen LogP contribution in [0.1, 0.15) is 20.8 Å². The number of nitrogens with two attached hydrogens (primary N) is 2. The smallest absolute Gasteiger partial charge is 0.267 e. The van der Waals surface area contributed by atoms with E-state index in [9.17, 15) is 9.59 Å². The lowest BCUT2D eigenvalue weighted by atomic mass is 10.1. The zero-order valence-corrected chi connectivity index (χ0v) is 12.1. The largest absolute Gasteiger partial charge is 0.396 e. The summed E-state index contributed by atoms with van der Waals surface area (Å²) >= 11 is 6.24. The van der Waals surface area contributed by atoms with Gasteiger partial charge < -0.3 is 21.7 Å². The topological polar surface area (TPSA) is 114 Å². The Bertz CT molecular complexity index is 833. The molecule has 0 spiro atoms. The molecular weight excluding hydrogens is 294 g/mol. The van der Waals surface area contributed by atoms with Crippen molar-refractivity contribution in [3.63, 3.8) is 0 Å². The molecule has 108 valence electrons. The Balaban J connectivity index is 2.57. The van der Waals surface area contributed by atoms with Crippen molar-refractivity contribution in [1.82, 2.24) is 4.98 Å². The SMILES string of the molecule is CNc1c(Cl)c(N)c2c3c(cc(C(N)=O)nc13)C(=O)N2C. The second kappa shape index (κ2) is 4.23. The molecule has 0 bridgehead atoms. The first-order valence-corrected chi connectivity index (χ1v) is 6.47. The van der Waals surface area contributed by atoms with Crippen LogP contribution in [0.25, 0.3) is 10.9 Å². The summed E-state index contributed by atoms with van der Waals surface area (Å²) in [5.41, 5.74) is 13.3. The maximum absolute atomic E-state index is 12.3. The van der Waals surface area contributed by atoms with Crippen molar-refractivity contribution in [1.29, 1.82) is 0 Å². The van der Waals surface area contributed by atoms with E-state index in [-0.39, 0.29) is 22.3 Å². The van der Waals surface area contributed by atoms with Gasteiger partial charge in [0.2, 0.25) is 0 Å². The molecule has 0 saturated carbocycles. The van der Waals surface area contributed by atoms with Crippen LogP contribution in [0.4, 0.5) is 17.1 Å². The van der Waals surface area contributed by atoms with E-state index in [0.717, 1.165) is 0 Å². The molecule has 2 heterocycles. The zero-order chi connectivity index (χ0) is 15.5. The molecule has 0 atom stereocenters. The van der Waals surface area contributed by atoms with E-state index >= 15 is 0 Å². The van der Waals surface area contributed by atoms with Gasteiger partial charge in [-0.1, -0.05) is 11.6 Å². The molecule has 5 N–H and O–H groups in total. The minimum absolute atomic E-state index is 0.00411. The molecule has 2 amide bonds. The van der Waals surface area contributed by atoms with Crippen molar-refractivity contribution in [3.8, 4) is 0 Å². The molecule has 0 fully saturated rings. The molecule has 0 aliphatic carbocycles. The van der Waals surface area contributed by atoms with Crippen LogP contribution in [0.3, 0.4) is 0 Å². The Morgan fingerprint density at radius 2 is 2.14 bits per heavy atom. The summed E-state index contributed by atoms with van der Waals surface area (Å²) in [5.74, 6) is -0.997. The Kier molecular flexibility index (Phi) is 2.70. The number of rotatable bonds is 2.